The molecule has 0 aliphatic carbocycles. The molecule has 0 aliphatic heterocycles. The van der Waals surface area contributed by atoms with Gasteiger partial charge in [-0.25, -0.2) is 0 Å². The van der Waals surface area contributed by atoms with Crippen LogP contribution in [0.2, 0.25) is 5.02 Å². The van der Waals surface area contributed by atoms with Crippen molar-refractivity contribution in [3.05, 3.63) is 62.7 Å². The summed E-state index contributed by atoms with van der Waals surface area (Å²) < 4.78 is 38.0. The SMILES string of the molecule is Cc1cc(Cl)ccc1NC(=O)CSc1ccc(C(F)(F)F)cc1[N+](=O)[O-]. The monoisotopic (exact) mass is 404 g/mol. The number of halogens is 4. The van der Waals surface area contributed by atoms with Gasteiger partial charge in [0.2, 0.25) is 5.91 Å². The third-order valence-corrected chi connectivity index (χ3v) is 4.60. The van der Waals surface area contributed by atoms with Gasteiger partial charge in [0.1, 0.15) is 0 Å². The number of aryl methyl sites for hydroxylation is 1. The fourth-order valence-corrected chi connectivity index (χ4v) is 3.09. The second-order valence-corrected chi connectivity index (χ2v) is 6.69. The zero-order chi connectivity index (χ0) is 19.5. The highest BCUT2D eigenvalue weighted by atomic mass is 35.5. The molecule has 1 N–H and O–H groups in total. The Morgan fingerprint density at radius 3 is 2.54 bits per heavy atom. The minimum atomic E-state index is -4.68. The summed E-state index contributed by atoms with van der Waals surface area (Å²) in [5, 5.41) is 14.2. The first-order valence-corrected chi connectivity index (χ1v) is 8.48. The highest BCUT2D eigenvalue weighted by Crippen LogP contribution is 2.36. The number of carbonyl (C=O) groups is 1. The van der Waals surface area contributed by atoms with E-state index >= 15 is 0 Å². The summed E-state index contributed by atoms with van der Waals surface area (Å²) in [6.07, 6.45) is -4.68. The van der Waals surface area contributed by atoms with Crippen molar-refractivity contribution in [2.24, 2.45) is 0 Å². The number of amides is 1. The van der Waals surface area contributed by atoms with E-state index in [1.54, 1.807) is 25.1 Å². The van der Waals surface area contributed by atoms with Crippen LogP contribution in [0.3, 0.4) is 0 Å². The van der Waals surface area contributed by atoms with Crippen LogP contribution in [-0.4, -0.2) is 16.6 Å². The number of thioether (sulfide) groups is 1. The van der Waals surface area contributed by atoms with Crippen LogP contribution < -0.4 is 5.32 Å². The van der Waals surface area contributed by atoms with Crippen LogP contribution in [0.25, 0.3) is 0 Å². The number of benzene rings is 2. The van der Waals surface area contributed by atoms with Gasteiger partial charge in [0.05, 0.1) is 21.1 Å². The van der Waals surface area contributed by atoms with Crippen LogP contribution in [0, 0.1) is 17.0 Å². The van der Waals surface area contributed by atoms with Crippen molar-refractivity contribution in [2.45, 2.75) is 18.0 Å². The van der Waals surface area contributed by atoms with Crippen LogP contribution >= 0.6 is 23.4 Å². The van der Waals surface area contributed by atoms with Crippen molar-refractivity contribution < 1.29 is 22.9 Å². The van der Waals surface area contributed by atoms with Crippen LogP contribution in [0.4, 0.5) is 24.5 Å². The van der Waals surface area contributed by atoms with Crippen LogP contribution in [-0.2, 0) is 11.0 Å². The van der Waals surface area contributed by atoms with Gasteiger partial charge >= 0.3 is 6.18 Å². The van der Waals surface area contributed by atoms with Gasteiger partial charge in [-0.05, 0) is 42.8 Å². The molecule has 0 radical (unpaired) electrons. The summed E-state index contributed by atoms with van der Waals surface area (Å²) in [6.45, 7) is 1.75. The van der Waals surface area contributed by atoms with E-state index in [0.717, 1.165) is 29.5 Å². The number of carbonyl (C=O) groups excluding carboxylic acids is 1. The number of nitrogens with zero attached hydrogens (tertiary/aromatic N) is 1. The van der Waals surface area contributed by atoms with Gasteiger partial charge in [0.15, 0.2) is 0 Å². The third-order valence-electron chi connectivity index (χ3n) is 3.30. The summed E-state index contributed by atoms with van der Waals surface area (Å²) >= 11 is 6.61. The molecule has 2 aromatic carbocycles. The second kappa shape index (κ2) is 7.96. The fraction of sp³-hybridized carbons (Fsp3) is 0.188. The van der Waals surface area contributed by atoms with Crippen molar-refractivity contribution in [2.75, 3.05) is 11.1 Å². The molecule has 0 unspecified atom stereocenters. The smallest absolute Gasteiger partial charge is 0.325 e. The Bertz CT molecular complexity index is 859. The van der Waals surface area contributed by atoms with Crippen molar-refractivity contribution >= 4 is 40.6 Å². The number of nitro groups is 1. The molecule has 138 valence electrons. The fourth-order valence-electron chi connectivity index (χ4n) is 2.06. The summed E-state index contributed by atoms with van der Waals surface area (Å²) in [5.74, 6) is -0.650. The molecule has 0 aliphatic rings. The summed E-state index contributed by atoms with van der Waals surface area (Å²) in [6, 6.07) is 7.07. The standard InChI is InChI=1S/C16H12ClF3N2O3S/c1-9-6-11(17)3-4-12(9)21-15(23)8-26-14-5-2-10(16(18,19)20)7-13(14)22(24)25/h2-7H,8H2,1H3,(H,21,23). The van der Waals surface area contributed by atoms with Crippen molar-refractivity contribution in [3.8, 4) is 0 Å². The lowest BCUT2D eigenvalue weighted by atomic mass is 10.2. The number of hydrogen-bond donors (Lipinski definition) is 1. The minimum Gasteiger partial charge on any atom is -0.325 e. The lowest BCUT2D eigenvalue weighted by Crippen LogP contribution is -2.15. The highest BCUT2D eigenvalue weighted by Gasteiger charge is 2.33. The van der Waals surface area contributed by atoms with E-state index in [2.05, 4.69) is 5.32 Å². The molecule has 0 atom stereocenters. The Hall–Kier alpha value is -2.26. The summed E-state index contributed by atoms with van der Waals surface area (Å²) in [4.78, 5) is 22.1. The van der Waals surface area contributed by atoms with E-state index in [1.807, 2.05) is 0 Å². The minimum absolute atomic E-state index is 0.0222. The molecule has 0 aromatic heterocycles. The second-order valence-electron chi connectivity index (χ2n) is 5.23. The first-order valence-electron chi connectivity index (χ1n) is 7.12. The Morgan fingerprint density at radius 2 is 1.96 bits per heavy atom. The third kappa shape index (κ3) is 5.12. The van der Waals surface area contributed by atoms with Crippen LogP contribution in [0.5, 0.6) is 0 Å². The average Bonchev–Trinajstić information content (AvgIpc) is 2.54. The Kier molecular flexibility index (Phi) is 6.14. The molecule has 0 saturated carbocycles. The molecule has 2 rings (SSSR count). The molecule has 0 bridgehead atoms. The summed E-state index contributed by atoms with van der Waals surface area (Å²) in [5.41, 5.74) is -0.548. The van der Waals surface area contributed by atoms with Crippen LogP contribution in [0.15, 0.2) is 41.3 Å². The molecule has 2 aromatic rings. The number of nitro benzene ring substituents is 1. The number of anilines is 1. The van der Waals surface area contributed by atoms with E-state index in [1.165, 1.54) is 0 Å². The van der Waals surface area contributed by atoms with E-state index in [-0.39, 0.29) is 10.6 Å². The lowest BCUT2D eigenvalue weighted by Gasteiger charge is -2.10. The van der Waals surface area contributed by atoms with Gasteiger partial charge in [-0.15, -0.1) is 11.8 Å². The van der Waals surface area contributed by atoms with Crippen molar-refractivity contribution in [3.63, 3.8) is 0 Å². The van der Waals surface area contributed by atoms with E-state index in [4.69, 9.17) is 11.6 Å². The Morgan fingerprint density at radius 1 is 1.27 bits per heavy atom. The lowest BCUT2D eigenvalue weighted by molar-refractivity contribution is -0.388. The molecule has 0 fully saturated rings. The molecule has 26 heavy (non-hydrogen) atoms. The molecule has 1 amide bonds. The molecule has 0 saturated heterocycles. The van der Waals surface area contributed by atoms with Gasteiger partial charge in [0.25, 0.3) is 5.69 Å². The van der Waals surface area contributed by atoms with Gasteiger partial charge in [-0.3, -0.25) is 14.9 Å². The van der Waals surface area contributed by atoms with Crippen molar-refractivity contribution in [1.82, 2.24) is 0 Å². The van der Waals surface area contributed by atoms with Gasteiger partial charge in [-0.1, -0.05) is 11.6 Å². The van der Waals surface area contributed by atoms with E-state index in [0.29, 0.717) is 16.8 Å². The van der Waals surface area contributed by atoms with Gasteiger partial charge in [0, 0.05) is 16.8 Å². The average molecular weight is 405 g/mol. The molecule has 10 heteroatoms. The zero-order valence-corrected chi connectivity index (χ0v) is 14.8. The molecule has 5 nitrogen and oxygen atoms in total. The normalized spacial score (nSPS) is 11.3. The van der Waals surface area contributed by atoms with Crippen molar-refractivity contribution in [1.29, 1.82) is 0 Å². The molecule has 0 heterocycles. The maximum atomic E-state index is 12.7. The first kappa shape index (κ1) is 20.1. The number of rotatable bonds is 5. The number of nitrogens with one attached hydrogen (secondary N) is 1. The topological polar surface area (TPSA) is 72.2 Å². The maximum absolute atomic E-state index is 12.7. The predicted molar refractivity (Wildman–Crippen MR) is 93.6 cm³/mol. The molecule has 0 spiro atoms. The number of hydrogen-bond acceptors (Lipinski definition) is 4. The molecular formula is C16H12ClF3N2O3S. The van der Waals surface area contributed by atoms with Crippen LogP contribution in [0.1, 0.15) is 11.1 Å². The molecular weight excluding hydrogens is 393 g/mol. The number of alkyl halides is 3. The van der Waals surface area contributed by atoms with E-state index < -0.39 is 28.3 Å². The Labute approximate surface area is 155 Å². The van der Waals surface area contributed by atoms with Gasteiger partial charge < -0.3 is 5.32 Å². The van der Waals surface area contributed by atoms with E-state index in [9.17, 15) is 28.1 Å². The quantitative estimate of drug-likeness (QED) is 0.416. The largest absolute Gasteiger partial charge is 0.416 e. The zero-order valence-electron chi connectivity index (χ0n) is 13.3. The maximum Gasteiger partial charge on any atom is 0.416 e. The Balaban J connectivity index is 2.11. The predicted octanol–water partition coefficient (Wildman–Crippen LogP) is 5.31. The first-order chi connectivity index (χ1) is 12.1. The highest BCUT2D eigenvalue weighted by molar-refractivity contribution is 8.00. The summed E-state index contributed by atoms with van der Waals surface area (Å²) in [7, 11) is 0. The van der Waals surface area contributed by atoms with Gasteiger partial charge in [-0.2, -0.15) is 13.2 Å².